The van der Waals surface area contributed by atoms with E-state index in [0.29, 0.717) is 36.1 Å². The van der Waals surface area contributed by atoms with Crippen LogP contribution >= 0.6 is 22.7 Å². The number of hydrogen-bond acceptors (Lipinski definition) is 6. The summed E-state index contributed by atoms with van der Waals surface area (Å²) < 4.78 is 20.7. The van der Waals surface area contributed by atoms with Crippen molar-refractivity contribution >= 4 is 38.7 Å². The van der Waals surface area contributed by atoms with Crippen LogP contribution in [0.25, 0.3) is 20.0 Å². The van der Waals surface area contributed by atoms with Crippen molar-refractivity contribution in [1.82, 2.24) is 4.98 Å². The maximum absolute atomic E-state index is 15.1. The summed E-state index contributed by atoms with van der Waals surface area (Å²) in [6.45, 7) is 7.71. The molecule has 0 atom stereocenters. The molecule has 0 spiro atoms. The van der Waals surface area contributed by atoms with Crippen molar-refractivity contribution in [2.24, 2.45) is 0 Å². The van der Waals surface area contributed by atoms with Gasteiger partial charge >= 0.3 is 5.97 Å². The lowest BCUT2D eigenvalue weighted by molar-refractivity contribution is 0.0531. The zero-order valence-electron chi connectivity index (χ0n) is 14.8. The first kappa shape index (κ1) is 18.5. The highest BCUT2D eigenvalue weighted by atomic mass is 32.1. The fourth-order valence-corrected chi connectivity index (χ4v) is 4.78. The molecule has 1 aromatic carbocycles. The number of esters is 1. The molecule has 0 bridgehead atoms. The predicted molar refractivity (Wildman–Crippen MR) is 102 cm³/mol. The van der Waals surface area contributed by atoms with Crippen molar-refractivity contribution in [3.05, 3.63) is 39.6 Å². The molecular formula is C19H17FN2O2S2. The van der Waals surface area contributed by atoms with Crippen LogP contribution in [-0.4, -0.2) is 17.6 Å². The number of rotatable bonds is 4. The Bertz CT molecular complexity index is 1040. The molecule has 0 aliphatic carbocycles. The smallest absolute Gasteiger partial charge is 0.350 e. The van der Waals surface area contributed by atoms with Crippen molar-refractivity contribution in [2.75, 3.05) is 6.61 Å². The molecule has 2 heterocycles. The van der Waals surface area contributed by atoms with Crippen LogP contribution in [-0.2, 0) is 4.74 Å². The minimum atomic E-state index is -0.449. The van der Waals surface area contributed by atoms with E-state index in [-0.39, 0.29) is 12.5 Å². The number of aromatic nitrogens is 1. The number of ether oxygens (including phenoxy) is 1. The van der Waals surface area contributed by atoms with Crippen LogP contribution in [0.5, 0.6) is 0 Å². The molecule has 0 N–H and O–H groups in total. The molecule has 0 saturated carbocycles. The lowest BCUT2D eigenvalue weighted by atomic mass is 9.99. The fraction of sp³-hybridized carbons (Fsp3) is 0.316. The Morgan fingerprint density at radius 1 is 1.38 bits per heavy atom. The minimum absolute atomic E-state index is 0.187. The molecule has 7 heteroatoms. The van der Waals surface area contributed by atoms with Crippen molar-refractivity contribution in [3.63, 3.8) is 0 Å². The summed E-state index contributed by atoms with van der Waals surface area (Å²) in [5.74, 6) is -0.657. The maximum Gasteiger partial charge on any atom is 0.350 e. The van der Waals surface area contributed by atoms with E-state index >= 15 is 4.39 Å². The van der Waals surface area contributed by atoms with Gasteiger partial charge in [-0.2, -0.15) is 5.26 Å². The average molecular weight is 388 g/mol. The first-order valence-electron chi connectivity index (χ1n) is 8.18. The van der Waals surface area contributed by atoms with Crippen molar-refractivity contribution in [3.8, 4) is 16.0 Å². The topological polar surface area (TPSA) is 63.0 Å². The molecule has 0 fully saturated rings. The number of fused-ring (bicyclic) bond motifs is 1. The van der Waals surface area contributed by atoms with Gasteiger partial charge in [-0.1, -0.05) is 13.8 Å². The number of benzene rings is 1. The number of nitrogens with zero attached hydrogens (tertiary/aromatic N) is 2. The van der Waals surface area contributed by atoms with Gasteiger partial charge in [-0.15, -0.1) is 22.7 Å². The second-order valence-corrected chi connectivity index (χ2v) is 8.13. The van der Waals surface area contributed by atoms with Crippen LogP contribution < -0.4 is 0 Å². The third-order valence-corrected chi connectivity index (χ3v) is 6.49. The molecule has 0 aliphatic rings. The van der Waals surface area contributed by atoms with E-state index in [0.717, 1.165) is 16.9 Å². The van der Waals surface area contributed by atoms with E-state index in [9.17, 15) is 10.1 Å². The van der Waals surface area contributed by atoms with Gasteiger partial charge < -0.3 is 4.74 Å². The number of carbonyl (C=O) groups excluding carboxylic acids is 1. The van der Waals surface area contributed by atoms with Gasteiger partial charge in [0, 0.05) is 5.39 Å². The number of carbonyl (C=O) groups is 1. The third-order valence-electron chi connectivity index (χ3n) is 3.99. The van der Waals surface area contributed by atoms with Crippen LogP contribution in [0.4, 0.5) is 4.39 Å². The monoisotopic (exact) mass is 388 g/mol. The SMILES string of the molecule is CCOC(=O)c1sc(-c2sc3c(C#N)cc(C(C)C)cc3c2F)nc1C. The first-order chi connectivity index (χ1) is 12.4. The Labute approximate surface area is 158 Å². The summed E-state index contributed by atoms with van der Waals surface area (Å²) in [6, 6.07) is 5.77. The lowest BCUT2D eigenvalue weighted by Crippen LogP contribution is -2.03. The number of halogens is 1. The number of thiazole rings is 1. The third kappa shape index (κ3) is 3.11. The van der Waals surface area contributed by atoms with Crippen molar-refractivity contribution in [1.29, 1.82) is 5.26 Å². The van der Waals surface area contributed by atoms with Crippen molar-refractivity contribution in [2.45, 2.75) is 33.6 Å². The van der Waals surface area contributed by atoms with Crippen LogP contribution in [0, 0.1) is 24.1 Å². The van der Waals surface area contributed by atoms with Gasteiger partial charge in [-0.05, 0) is 37.5 Å². The molecule has 4 nitrogen and oxygen atoms in total. The summed E-state index contributed by atoms with van der Waals surface area (Å²) >= 11 is 2.31. The van der Waals surface area contributed by atoms with E-state index < -0.39 is 11.8 Å². The van der Waals surface area contributed by atoms with E-state index in [1.165, 1.54) is 11.3 Å². The Kier molecular flexibility index (Phi) is 5.08. The van der Waals surface area contributed by atoms with Crippen LogP contribution in [0.3, 0.4) is 0 Å². The maximum atomic E-state index is 15.1. The number of nitriles is 1. The second kappa shape index (κ2) is 7.14. The van der Waals surface area contributed by atoms with Gasteiger partial charge in [0.05, 0.1) is 22.6 Å². The van der Waals surface area contributed by atoms with Crippen LogP contribution in [0.1, 0.15) is 53.2 Å². The Morgan fingerprint density at radius 2 is 2.12 bits per heavy atom. The van der Waals surface area contributed by atoms with E-state index in [1.54, 1.807) is 19.9 Å². The number of hydrogen-bond donors (Lipinski definition) is 0. The molecule has 26 heavy (non-hydrogen) atoms. The molecule has 0 amide bonds. The zero-order chi connectivity index (χ0) is 19.0. The van der Waals surface area contributed by atoms with Crippen LogP contribution in [0.2, 0.25) is 0 Å². The molecule has 2 aromatic heterocycles. The van der Waals surface area contributed by atoms with Crippen molar-refractivity contribution < 1.29 is 13.9 Å². The van der Waals surface area contributed by atoms with Gasteiger partial charge in [0.15, 0.2) is 5.82 Å². The highest BCUT2D eigenvalue weighted by Crippen LogP contribution is 2.42. The molecule has 134 valence electrons. The highest BCUT2D eigenvalue weighted by Gasteiger charge is 2.23. The molecule has 3 aromatic rings. The quantitative estimate of drug-likeness (QED) is 0.542. The molecular weight excluding hydrogens is 371 g/mol. The summed E-state index contributed by atoms with van der Waals surface area (Å²) in [5, 5.41) is 10.3. The molecule has 0 saturated heterocycles. The van der Waals surface area contributed by atoms with E-state index in [4.69, 9.17) is 4.74 Å². The first-order valence-corrected chi connectivity index (χ1v) is 9.81. The van der Waals surface area contributed by atoms with Gasteiger partial charge in [0.25, 0.3) is 0 Å². The standard InChI is InChI=1S/C19H17FN2O2S2/c1-5-24-19(23)15-10(4)22-18(26-15)17-14(20)13-7-11(9(2)3)6-12(8-21)16(13)25-17/h6-7,9H,5H2,1-4H3. The summed E-state index contributed by atoms with van der Waals surface area (Å²) in [6.07, 6.45) is 0. The van der Waals surface area contributed by atoms with E-state index in [1.807, 2.05) is 19.9 Å². The summed E-state index contributed by atoms with van der Waals surface area (Å²) in [7, 11) is 0. The average Bonchev–Trinajstić information content (AvgIpc) is 3.15. The normalized spacial score (nSPS) is 11.1. The molecule has 0 unspecified atom stereocenters. The second-order valence-electron chi connectivity index (χ2n) is 6.11. The Morgan fingerprint density at radius 3 is 2.73 bits per heavy atom. The zero-order valence-corrected chi connectivity index (χ0v) is 16.5. The predicted octanol–water partition coefficient (Wildman–Crippen LogP) is 5.64. The highest BCUT2D eigenvalue weighted by molar-refractivity contribution is 7.26. The van der Waals surface area contributed by atoms with Gasteiger partial charge in [-0.3, -0.25) is 0 Å². The summed E-state index contributed by atoms with van der Waals surface area (Å²) in [5.41, 5.74) is 1.89. The lowest BCUT2D eigenvalue weighted by Gasteiger charge is -2.06. The summed E-state index contributed by atoms with van der Waals surface area (Å²) in [4.78, 5) is 17.1. The number of aryl methyl sites for hydroxylation is 1. The largest absolute Gasteiger partial charge is 0.462 e. The Hall–Kier alpha value is -2.30. The molecule has 0 radical (unpaired) electrons. The van der Waals surface area contributed by atoms with Gasteiger partial charge in [0.2, 0.25) is 0 Å². The minimum Gasteiger partial charge on any atom is -0.462 e. The van der Waals surface area contributed by atoms with E-state index in [2.05, 4.69) is 11.1 Å². The molecule has 3 rings (SSSR count). The van der Waals surface area contributed by atoms with Gasteiger partial charge in [-0.25, -0.2) is 14.2 Å². The fourth-order valence-electron chi connectivity index (χ4n) is 2.63. The van der Waals surface area contributed by atoms with Gasteiger partial charge in [0.1, 0.15) is 20.8 Å². The van der Waals surface area contributed by atoms with Crippen LogP contribution in [0.15, 0.2) is 12.1 Å². The molecule has 0 aliphatic heterocycles. The Balaban J connectivity index is 2.18. The number of thiophene rings is 1.